The minimum atomic E-state index is 0.321. The van der Waals surface area contributed by atoms with Crippen LogP contribution in [0.2, 0.25) is 0 Å². The molecule has 26 heavy (non-hydrogen) atoms. The molecule has 0 fully saturated rings. The highest BCUT2D eigenvalue weighted by molar-refractivity contribution is 5.76. The molecule has 0 N–H and O–H groups in total. The van der Waals surface area contributed by atoms with Crippen molar-refractivity contribution in [2.24, 2.45) is 0 Å². The molecule has 6 nitrogen and oxygen atoms in total. The van der Waals surface area contributed by atoms with Gasteiger partial charge in [0.25, 0.3) is 0 Å². The van der Waals surface area contributed by atoms with Gasteiger partial charge in [0, 0.05) is 11.1 Å². The molecule has 0 aliphatic heterocycles. The van der Waals surface area contributed by atoms with Gasteiger partial charge in [-0.25, -0.2) is 0 Å². The largest absolute Gasteiger partial charge is 0.493 e. The molecule has 0 amide bonds. The Morgan fingerprint density at radius 2 is 1.12 bits per heavy atom. The van der Waals surface area contributed by atoms with Crippen molar-refractivity contribution in [3.63, 3.8) is 0 Å². The Hall–Kier alpha value is -3.28. The maximum atomic E-state index is 10.8. The number of methoxy groups -OCH3 is 2. The zero-order valence-electron chi connectivity index (χ0n) is 14.6. The standard InChI is InChI=1S/C20H20O6/c1-23-19-11-15(13-21)5-7-17(19)25-9-3-4-10-26-18-8-6-16(14-22)12-20(18)24-2/h3-8,11-14H,9-10H2,1-2H3/b4-3+. The second kappa shape index (κ2) is 9.88. The molecule has 2 aromatic rings. The van der Waals surface area contributed by atoms with Crippen LogP contribution in [0, 0.1) is 0 Å². The molecular formula is C20H20O6. The van der Waals surface area contributed by atoms with Gasteiger partial charge < -0.3 is 18.9 Å². The second-order valence-electron chi connectivity index (χ2n) is 5.15. The lowest BCUT2D eigenvalue weighted by Crippen LogP contribution is -2.00. The summed E-state index contributed by atoms with van der Waals surface area (Å²) in [5.41, 5.74) is 1.04. The lowest BCUT2D eigenvalue weighted by Gasteiger charge is -2.10. The predicted molar refractivity (Wildman–Crippen MR) is 96.9 cm³/mol. The molecule has 0 unspecified atom stereocenters. The Bertz CT molecular complexity index is 716. The summed E-state index contributed by atoms with van der Waals surface area (Å²) >= 11 is 0. The summed E-state index contributed by atoms with van der Waals surface area (Å²) in [5.74, 6) is 2.10. The van der Waals surface area contributed by atoms with Gasteiger partial charge in [0.05, 0.1) is 14.2 Å². The monoisotopic (exact) mass is 356 g/mol. The van der Waals surface area contributed by atoms with Crippen LogP contribution in [0.1, 0.15) is 20.7 Å². The molecule has 0 aliphatic carbocycles. The Balaban J connectivity index is 1.85. The Kier molecular flexibility index (Phi) is 7.24. The van der Waals surface area contributed by atoms with Gasteiger partial charge in [0.2, 0.25) is 0 Å². The van der Waals surface area contributed by atoms with Gasteiger partial charge in [0.1, 0.15) is 25.8 Å². The maximum absolute atomic E-state index is 10.8. The van der Waals surface area contributed by atoms with Gasteiger partial charge in [-0.15, -0.1) is 0 Å². The summed E-state index contributed by atoms with van der Waals surface area (Å²) in [5, 5.41) is 0. The second-order valence-corrected chi connectivity index (χ2v) is 5.15. The summed E-state index contributed by atoms with van der Waals surface area (Å²) < 4.78 is 21.6. The topological polar surface area (TPSA) is 71.1 Å². The van der Waals surface area contributed by atoms with Crippen LogP contribution in [-0.2, 0) is 0 Å². The molecular weight excluding hydrogens is 336 g/mol. The van der Waals surface area contributed by atoms with Crippen molar-refractivity contribution in [3.05, 3.63) is 59.7 Å². The van der Waals surface area contributed by atoms with Crippen molar-refractivity contribution in [3.8, 4) is 23.0 Å². The van der Waals surface area contributed by atoms with E-state index in [1.54, 1.807) is 48.6 Å². The summed E-state index contributed by atoms with van der Waals surface area (Å²) in [6.07, 6.45) is 5.11. The van der Waals surface area contributed by atoms with E-state index in [2.05, 4.69) is 0 Å². The fraction of sp³-hybridized carbons (Fsp3) is 0.200. The van der Waals surface area contributed by atoms with Gasteiger partial charge in [-0.3, -0.25) is 9.59 Å². The van der Waals surface area contributed by atoms with Gasteiger partial charge in [-0.2, -0.15) is 0 Å². The molecule has 136 valence electrons. The summed E-state index contributed by atoms with van der Waals surface area (Å²) in [4.78, 5) is 21.5. The first-order valence-corrected chi connectivity index (χ1v) is 7.88. The minimum absolute atomic E-state index is 0.321. The molecule has 0 radical (unpaired) electrons. The quantitative estimate of drug-likeness (QED) is 0.480. The van der Waals surface area contributed by atoms with Crippen molar-refractivity contribution in [2.45, 2.75) is 0 Å². The van der Waals surface area contributed by atoms with E-state index in [0.29, 0.717) is 47.3 Å². The first kappa shape index (κ1) is 19.1. The van der Waals surface area contributed by atoms with Crippen molar-refractivity contribution in [2.75, 3.05) is 27.4 Å². The van der Waals surface area contributed by atoms with E-state index in [9.17, 15) is 9.59 Å². The molecule has 0 heterocycles. The third-order valence-corrected chi connectivity index (χ3v) is 3.48. The third kappa shape index (κ3) is 5.11. The number of carbonyl (C=O) groups is 2. The van der Waals surface area contributed by atoms with Gasteiger partial charge in [-0.1, -0.05) is 0 Å². The van der Waals surface area contributed by atoms with E-state index in [1.165, 1.54) is 14.2 Å². The minimum Gasteiger partial charge on any atom is -0.493 e. The number of carbonyl (C=O) groups excluding carboxylic acids is 2. The first-order valence-electron chi connectivity index (χ1n) is 7.88. The third-order valence-electron chi connectivity index (χ3n) is 3.48. The molecule has 0 saturated heterocycles. The zero-order chi connectivity index (χ0) is 18.8. The van der Waals surface area contributed by atoms with Crippen molar-refractivity contribution in [1.82, 2.24) is 0 Å². The molecule has 0 aromatic heterocycles. The van der Waals surface area contributed by atoms with Crippen LogP contribution in [0.15, 0.2) is 48.6 Å². The lowest BCUT2D eigenvalue weighted by molar-refractivity contribution is 0.111. The van der Waals surface area contributed by atoms with Crippen LogP contribution in [-0.4, -0.2) is 40.0 Å². The number of rotatable bonds is 10. The summed E-state index contributed by atoms with van der Waals surface area (Å²) in [7, 11) is 3.04. The van der Waals surface area contributed by atoms with Gasteiger partial charge in [-0.05, 0) is 48.6 Å². The zero-order valence-corrected chi connectivity index (χ0v) is 14.6. The SMILES string of the molecule is COc1cc(C=O)ccc1OC/C=C/COc1ccc(C=O)cc1OC. The molecule has 0 aliphatic rings. The fourth-order valence-corrected chi connectivity index (χ4v) is 2.17. The normalized spacial score (nSPS) is 10.4. The molecule has 0 bridgehead atoms. The first-order chi connectivity index (χ1) is 12.7. The highest BCUT2D eigenvalue weighted by Crippen LogP contribution is 2.28. The van der Waals surface area contributed by atoms with Crippen molar-refractivity contribution >= 4 is 12.6 Å². The van der Waals surface area contributed by atoms with E-state index < -0.39 is 0 Å². The molecule has 6 heteroatoms. The lowest BCUT2D eigenvalue weighted by atomic mass is 10.2. The number of aldehydes is 2. The number of hydrogen-bond acceptors (Lipinski definition) is 6. The van der Waals surface area contributed by atoms with Crippen LogP contribution in [0.5, 0.6) is 23.0 Å². The fourth-order valence-electron chi connectivity index (χ4n) is 2.17. The average molecular weight is 356 g/mol. The van der Waals surface area contributed by atoms with Crippen molar-refractivity contribution in [1.29, 1.82) is 0 Å². The van der Waals surface area contributed by atoms with E-state index in [-0.39, 0.29) is 0 Å². The van der Waals surface area contributed by atoms with Crippen LogP contribution in [0.4, 0.5) is 0 Å². The van der Waals surface area contributed by atoms with E-state index >= 15 is 0 Å². The Labute approximate surface area is 151 Å². The van der Waals surface area contributed by atoms with E-state index in [0.717, 1.165) is 12.6 Å². The molecule has 2 rings (SSSR count). The highest BCUT2D eigenvalue weighted by atomic mass is 16.5. The smallest absolute Gasteiger partial charge is 0.161 e. The maximum Gasteiger partial charge on any atom is 0.161 e. The molecule has 0 saturated carbocycles. The molecule has 0 atom stereocenters. The number of hydrogen-bond donors (Lipinski definition) is 0. The molecule has 2 aromatic carbocycles. The van der Waals surface area contributed by atoms with Crippen LogP contribution >= 0.6 is 0 Å². The Morgan fingerprint density at radius 1 is 0.692 bits per heavy atom. The van der Waals surface area contributed by atoms with Crippen LogP contribution < -0.4 is 18.9 Å². The summed E-state index contributed by atoms with van der Waals surface area (Å²) in [6.45, 7) is 0.642. The highest BCUT2D eigenvalue weighted by Gasteiger charge is 2.05. The van der Waals surface area contributed by atoms with Gasteiger partial charge >= 0.3 is 0 Å². The number of benzene rings is 2. The van der Waals surface area contributed by atoms with Crippen LogP contribution in [0.3, 0.4) is 0 Å². The molecule has 0 spiro atoms. The van der Waals surface area contributed by atoms with Gasteiger partial charge in [0.15, 0.2) is 23.0 Å². The van der Waals surface area contributed by atoms with E-state index in [4.69, 9.17) is 18.9 Å². The van der Waals surface area contributed by atoms with Crippen LogP contribution in [0.25, 0.3) is 0 Å². The Morgan fingerprint density at radius 3 is 1.46 bits per heavy atom. The van der Waals surface area contributed by atoms with E-state index in [1.807, 2.05) is 0 Å². The average Bonchev–Trinajstić information content (AvgIpc) is 2.70. The number of ether oxygens (including phenoxy) is 4. The summed E-state index contributed by atoms with van der Waals surface area (Å²) in [6, 6.07) is 9.92. The van der Waals surface area contributed by atoms with Crippen molar-refractivity contribution < 1.29 is 28.5 Å². The predicted octanol–water partition coefficient (Wildman–Crippen LogP) is 3.34.